The van der Waals surface area contributed by atoms with Crippen molar-refractivity contribution >= 4 is 27.5 Å². The van der Waals surface area contributed by atoms with E-state index in [1.807, 2.05) is 4.90 Å². The summed E-state index contributed by atoms with van der Waals surface area (Å²) in [6.07, 6.45) is 1.46. The number of anilines is 3. The molecule has 0 aliphatic carbocycles. The lowest BCUT2D eigenvalue weighted by molar-refractivity contribution is 0.122. The second-order valence-electron chi connectivity index (χ2n) is 5.34. The fraction of sp³-hybridized carbons (Fsp3) is 0.267. The summed E-state index contributed by atoms with van der Waals surface area (Å²) in [5.74, 6) is 0.855. The van der Waals surface area contributed by atoms with Crippen LogP contribution >= 0.6 is 0 Å². The molecule has 0 amide bonds. The number of hydrogen-bond acceptors (Lipinski definition) is 8. The third kappa shape index (κ3) is 4.03. The molecule has 2 aromatic rings. The highest BCUT2D eigenvalue weighted by atomic mass is 32.2. The molecule has 3 N–H and O–H groups in total. The number of benzene rings is 1. The summed E-state index contributed by atoms with van der Waals surface area (Å²) in [4.78, 5) is 10.5. The number of ether oxygens (including phenoxy) is 1. The van der Waals surface area contributed by atoms with Crippen molar-refractivity contribution in [2.45, 2.75) is 4.90 Å². The van der Waals surface area contributed by atoms with Crippen LogP contribution in [-0.4, -0.2) is 44.7 Å². The van der Waals surface area contributed by atoms with Crippen LogP contribution in [-0.2, 0) is 14.8 Å². The van der Waals surface area contributed by atoms with Gasteiger partial charge in [0, 0.05) is 18.8 Å². The van der Waals surface area contributed by atoms with E-state index in [9.17, 15) is 13.7 Å². The lowest BCUT2D eigenvalue weighted by Gasteiger charge is -2.28. The molecule has 1 aliphatic heterocycles. The van der Waals surface area contributed by atoms with E-state index < -0.39 is 10.0 Å². The normalized spacial score (nSPS) is 14.8. The summed E-state index contributed by atoms with van der Waals surface area (Å²) < 4.78 is 27.9. The van der Waals surface area contributed by atoms with Crippen molar-refractivity contribution in [3.8, 4) is 6.07 Å². The first-order valence-electron chi connectivity index (χ1n) is 7.47. The number of hydrogen-bond donors (Lipinski definition) is 2. The van der Waals surface area contributed by atoms with Crippen LogP contribution in [0.4, 0.5) is 17.5 Å². The first-order valence-corrected chi connectivity index (χ1v) is 9.02. The lowest BCUT2D eigenvalue weighted by Crippen LogP contribution is -2.37. The molecule has 10 heteroatoms. The van der Waals surface area contributed by atoms with E-state index >= 15 is 0 Å². The quantitative estimate of drug-likeness (QED) is 0.808. The minimum atomic E-state index is -3.74. The predicted molar refractivity (Wildman–Crippen MR) is 90.9 cm³/mol. The van der Waals surface area contributed by atoms with Gasteiger partial charge in [-0.25, -0.2) is 18.5 Å². The topological polar surface area (TPSA) is 134 Å². The molecular weight excluding hydrogens is 344 g/mol. The van der Waals surface area contributed by atoms with Crippen molar-refractivity contribution in [3.05, 3.63) is 36.0 Å². The van der Waals surface area contributed by atoms with Gasteiger partial charge in [0.05, 0.1) is 24.3 Å². The Kier molecular flexibility index (Phi) is 4.80. The van der Waals surface area contributed by atoms with Gasteiger partial charge in [-0.2, -0.15) is 10.2 Å². The van der Waals surface area contributed by atoms with Crippen LogP contribution in [0.5, 0.6) is 0 Å². The smallest absolute Gasteiger partial charge is 0.238 e. The predicted octanol–water partition coefficient (Wildman–Crippen LogP) is 0.576. The average Bonchev–Trinajstić information content (AvgIpc) is 2.62. The molecule has 1 aliphatic rings. The van der Waals surface area contributed by atoms with Gasteiger partial charge in [-0.3, -0.25) is 0 Å². The molecule has 3 rings (SSSR count). The van der Waals surface area contributed by atoms with Crippen LogP contribution in [0.3, 0.4) is 0 Å². The van der Waals surface area contributed by atoms with Crippen molar-refractivity contribution in [2.24, 2.45) is 5.14 Å². The van der Waals surface area contributed by atoms with Crippen LogP contribution in [0.1, 0.15) is 5.56 Å². The second-order valence-corrected chi connectivity index (χ2v) is 6.90. The van der Waals surface area contributed by atoms with E-state index in [0.29, 0.717) is 49.3 Å². The number of nitrogens with zero attached hydrogens (tertiary/aromatic N) is 4. The molecule has 1 aromatic heterocycles. The molecule has 1 fully saturated rings. The Labute approximate surface area is 145 Å². The van der Waals surface area contributed by atoms with Crippen molar-refractivity contribution in [3.63, 3.8) is 0 Å². The lowest BCUT2D eigenvalue weighted by atomic mass is 10.3. The van der Waals surface area contributed by atoms with Crippen LogP contribution in [0, 0.1) is 11.3 Å². The summed E-state index contributed by atoms with van der Waals surface area (Å²) >= 11 is 0. The number of rotatable bonds is 4. The van der Waals surface area contributed by atoms with Crippen molar-refractivity contribution in [1.82, 2.24) is 9.97 Å². The first kappa shape index (κ1) is 17.1. The fourth-order valence-electron chi connectivity index (χ4n) is 2.39. The third-order valence-corrected chi connectivity index (χ3v) is 4.57. The van der Waals surface area contributed by atoms with E-state index in [1.165, 1.54) is 18.3 Å². The Hall–Kier alpha value is -2.74. The van der Waals surface area contributed by atoms with Gasteiger partial charge in [0.15, 0.2) is 5.82 Å². The SMILES string of the molecule is N#Cc1cnc(Nc2ccc(S(N)(=O)=O)cc2)nc1N1CCOCC1. The molecule has 1 saturated heterocycles. The number of nitriles is 1. The van der Waals surface area contributed by atoms with Crippen LogP contribution in [0.25, 0.3) is 0 Å². The minimum absolute atomic E-state index is 0.0211. The number of nitrogens with two attached hydrogens (primary N) is 1. The van der Waals surface area contributed by atoms with Gasteiger partial charge in [-0.1, -0.05) is 0 Å². The van der Waals surface area contributed by atoms with Gasteiger partial charge in [-0.15, -0.1) is 0 Å². The van der Waals surface area contributed by atoms with Crippen LogP contribution in [0.2, 0.25) is 0 Å². The Morgan fingerprint density at radius 2 is 1.92 bits per heavy atom. The van der Waals surface area contributed by atoms with E-state index in [4.69, 9.17) is 9.88 Å². The number of aromatic nitrogens is 2. The van der Waals surface area contributed by atoms with Crippen molar-refractivity contribution in [2.75, 3.05) is 36.5 Å². The van der Waals surface area contributed by atoms with Crippen molar-refractivity contribution < 1.29 is 13.2 Å². The molecule has 0 spiro atoms. The van der Waals surface area contributed by atoms with Crippen molar-refractivity contribution in [1.29, 1.82) is 5.26 Å². The fourth-order valence-corrected chi connectivity index (χ4v) is 2.90. The van der Waals surface area contributed by atoms with E-state index in [2.05, 4.69) is 21.4 Å². The molecule has 0 saturated carbocycles. The summed E-state index contributed by atoms with van der Waals surface area (Å²) in [5, 5.41) is 17.3. The Balaban J connectivity index is 1.84. The maximum atomic E-state index is 11.3. The molecule has 2 heterocycles. The zero-order valence-electron chi connectivity index (χ0n) is 13.2. The Bertz CT molecular complexity index is 902. The number of primary sulfonamides is 1. The molecule has 0 atom stereocenters. The zero-order chi connectivity index (χ0) is 17.9. The van der Waals surface area contributed by atoms with Gasteiger partial charge in [0.2, 0.25) is 16.0 Å². The van der Waals surface area contributed by atoms with E-state index in [1.54, 1.807) is 12.1 Å². The summed E-state index contributed by atoms with van der Waals surface area (Å²) in [6.45, 7) is 2.45. The van der Waals surface area contributed by atoms with Gasteiger partial charge in [-0.05, 0) is 24.3 Å². The highest BCUT2D eigenvalue weighted by Gasteiger charge is 2.18. The molecule has 9 nitrogen and oxygen atoms in total. The summed E-state index contributed by atoms with van der Waals surface area (Å²) in [6, 6.07) is 8.01. The standard InChI is InChI=1S/C15H16N6O3S/c16-9-11-10-18-15(20-14(11)21-5-7-24-8-6-21)19-12-1-3-13(4-2-12)25(17,22)23/h1-4,10H,5-8H2,(H2,17,22,23)(H,18,19,20). The second kappa shape index (κ2) is 7.02. The monoisotopic (exact) mass is 360 g/mol. The Morgan fingerprint density at radius 3 is 2.52 bits per heavy atom. The van der Waals surface area contributed by atoms with Crippen LogP contribution in [0.15, 0.2) is 35.4 Å². The largest absolute Gasteiger partial charge is 0.378 e. The molecule has 0 radical (unpaired) electrons. The third-order valence-electron chi connectivity index (χ3n) is 3.64. The zero-order valence-corrected chi connectivity index (χ0v) is 14.0. The minimum Gasteiger partial charge on any atom is -0.378 e. The molecule has 130 valence electrons. The van der Waals surface area contributed by atoms with Crippen LogP contribution < -0.4 is 15.4 Å². The average molecular weight is 360 g/mol. The summed E-state index contributed by atoms with van der Waals surface area (Å²) in [5.41, 5.74) is 0.988. The van der Waals surface area contributed by atoms with Gasteiger partial charge in [0.25, 0.3) is 0 Å². The molecule has 0 unspecified atom stereocenters. The van der Waals surface area contributed by atoms with Gasteiger partial charge in [0.1, 0.15) is 11.6 Å². The highest BCUT2D eigenvalue weighted by Crippen LogP contribution is 2.22. The van der Waals surface area contributed by atoms with Gasteiger partial charge < -0.3 is 15.0 Å². The maximum absolute atomic E-state index is 11.3. The van der Waals surface area contributed by atoms with E-state index in [-0.39, 0.29) is 4.90 Å². The molecular formula is C15H16N6O3S. The molecule has 0 bridgehead atoms. The molecule has 25 heavy (non-hydrogen) atoms. The van der Waals surface area contributed by atoms with E-state index in [0.717, 1.165) is 0 Å². The number of morpholine rings is 1. The summed E-state index contributed by atoms with van der Waals surface area (Å²) in [7, 11) is -3.74. The van der Waals surface area contributed by atoms with Gasteiger partial charge >= 0.3 is 0 Å². The molecule has 1 aromatic carbocycles. The number of sulfonamides is 1. The maximum Gasteiger partial charge on any atom is 0.238 e. The first-order chi connectivity index (χ1) is 12.0. The Morgan fingerprint density at radius 1 is 1.24 bits per heavy atom. The number of nitrogens with one attached hydrogen (secondary N) is 1. The highest BCUT2D eigenvalue weighted by molar-refractivity contribution is 7.89.